The summed E-state index contributed by atoms with van der Waals surface area (Å²) in [6, 6.07) is 21.6. The molecule has 1 atom stereocenters. The lowest BCUT2D eigenvalue weighted by Crippen LogP contribution is -2.00. The van der Waals surface area contributed by atoms with Crippen LogP contribution in [0.15, 0.2) is 66.9 Å². The lowest BCUT2D eigenvalue weighted by Gasteiger charge is -2.12. The Morgan fingerprint density at radius 1 is 0.788 bits per heavy atom. The molecule has 0 saturated carbocycles. The van der Waals surface area contributed by atoms with Gasteiger partial charge in [-0.05, 0) is 73.1 Å². The minimum atomic E-state index is 0.790. The van der Waals surface area contributed by atoms with Gasteiger partial charge in [-0.15, -0.1) is 0 Å². The number of aryl methyl sites for hydroxylation is 1. The molecule has 0 aliphatic heterocycles. The summed E-state index contributed by atoms with van der Waals surface area (Å²) in [6.07, 6.45) is 13.1. The van der Waals surface area contributed by atoms with Crippen LogP contribution in [0.3, 0.4) is 0 Å². The van der Waals surface area contributed by atoms with E-state index in [2.05, 4.69) is 75.4 Å². The van der Waals surface area contributed by atoms with Gasteiger partial charge in [0.2, 0.25) is 0 Å². The van der Waals surface area contributed by atoms with Gasteiger partial charge in [0.25, 0.3) is 0 Å². The Morgan fingerprint density at radius 2 is 1.64 bits per heavy atom. The molecule has 3 rings (SSSR count). The normalized spacial score (nSPS) is 12.0. The molecule has 2 aromatic carbocycles. The van der Waals surface area contributed by atoms with E-state index < -0.39 is 0 Å². The molecule has 2 heteroatoms. The van der Waals surface area contributed by atoms with Crippen LogP contribution in [0.4, 0.5) is 0 Å². The Bertz CT molecular complexity index is 947. The van der Waals surface area contributed by atoms with Crippen molar-refractivity contribution >= 4 is 0 Å². The number of hydrogen-bond donors (Lipinski definition) is 0. The van der Waals surface area contributed by atoms with Crippen molar-refractivity contribution in [3.8, 4) is 28.1 Å². The molecule has 0 saturated heterocycles. The van der Waals surface area contributed by atoms with Gasteiger partial charge in [0, 0.05) is 17.3 Å². The highest BCUT2D eigenvalue weighted by atomic mass is 16.5. The third kappa shape index (κ3) is 8.03. The van der Waals surface area contributed by atoms with Crippen LogP contribution in [-0.4, -0.2) is 11.6 Å². The first-order valence-corrected chi connectivity index (χ1v) is 13.0. The quantitative estimate of drug-likeness (QED) is 0.232. The fraction of sp³-hybridized carbons (Fsp3) is 0.452. The number of nitrogens with zero attached hydrogens (tertiary/aromatic N) is 1. The van der Waals surface area contributed by atoms with Crippen LogP contribution in [0.1, 0.15) is 77.7 Å². The van der Waals surface area contributed by atoms with Crippen molar-refractivity contribution in [2.75, 3.05) is 6.61 Å². The van der Waals surface area contributed by atoms with Gasteiger partial charge in [-0.1, -0.05) is 83.2 Å². The molecule has 0 spiro atoms. The van der Waals surface area contributed by atoms with Crippen LogP contribution in [0.25, 0.3) is 22.4 Å². The molecular weight excluding hydrogens is 402 g/mol. The second kappa shape index (κ2) is 13.8. The zero-order chi connectivity index (χ0) is 23.3. The zero-order valence-electron chi connectivity index (χ0n) is 20.9. The highest BCUT2D eigenvalue weighted by Gasteiger charge is 2.10. The van der Waals surface area contributed by atoms with Crippen LogP contribution in [0, 0.1) is 5.92 Å². The summed E-state index contributed by atoms with van der Waals surface area (Å²) >= 11 is 0. The molecule has 1 unspecified atom stereocenters. The highest BCUT2D eigenvalue weighted by Crippen LogP contribution is 2.32. The van der Waals surface area contributed by atoms with E-state index in [4.69, 9.17) is 9.72 Å². The molecule has 1 heterocycles. The summed E-state index contributed by atoms with van der Waals surface area (Å²) in [5.74, 6) is 1.77. The number of pyridine rings is 1. The Balaban J connectivity index is 1.62. The standard InChI is InChI=1S/C31H41NO/c1-4-6-7-14-26-15-10-16-28(24-26)30-17-11-22-32-31(30)27-18-20-29(21-19-27)33-23-9-8-13-25(3)12-5-2/h10-11,15-22,24-25H,4-9,12-14,23H2,1-3H3. The van der Waals surface area contributed by atoms with Gasteiger partial charge in [-0.3, -0.25) is 4.98 Å². The third-order valence-corrected chi connectivity index (χ3v) is 6.38. The number of unbranched alkanes of at least 4 members (excludes halogenated alkanes) is 3. The van der Waals surface area contributed by atoms with E-state index in [1.54, 1.807) is 0 Å². The van der Waals surface area contributed by atoms with Gasteiger partial charge in [0.15, 0.2) is 0 Å². The number of benzene rings is 2. The van der Waals surface area contributed by atoms with Gasteiger partial charge >= 0.3 is 0 Å². The molecule has 0 N–H and O–H groups in total. The Kier molecular flexibility index (Phi) is 10.5. The van der Waals surface area contributed by atoms with Crippen molar-refractivity contribution in [1.29, 1.82) is 0 Å². The molecule has 0 aliphatic carbocycles. The predicted octanol–water partition coefficient (Wildman–Crippen LogP) is 9.13. The summed E-state index contributed by atoms with van der Waals surface area (Å²) in [5, 5.41) is 0. The first-order chi connectivity index (χ1) is 16.2. The molecule has 3 aromatic rings. The van der Waals surface area contributed by atoms with E-state index in [-0.39, 0.29) is 0 Å². The first kappa shape index (κ1) is 25.0. The van der Waals surface area contributed by atoms with Crippen LogP contribution < -0.4 is 4.74 Å². The van der Waals surface area contributed by atoms with Gasteiger partial charge < -0.3 is 4.74 Å². The molecule has 0 bridgehead atoms. The van der Waals surface area contributed by atoms with E-state index in [9.17, 15) is 0 Å². The van der Waals surface area contributed by atoms with Crippen LogP contribution >= 0.6 is 0 Å². The van der Waals surface area contributed by atoms with Gasteiger partial charge in [0.05, 0.1) is 12.3 Å². The number of ether oxygens (including phenoxy) is 1. The number of aromatic nitrogens is 1. The van der Waals surface area contributed by atoms with Crippen LogP contribution in [-0.2, 0) is 6.42 Å². The van der Waals surface area contributed by atoms with Crippen molar-refractivity contribution in [3.05, 3.63) is 72.4 Å². The van der Waals surface area contributed by atoms with E-state index >= 15 is 0 Å². The maximum Gasteiger partial charge on any atom is 0.119 e. The topological polar surface area (TPSA) is 22.1 Å². The molecule has 2 nitrogen and oxygen atoms in total. The van der Waals surface area contributed by atoms with Crippen molar-refractivity contribution in [2.45, 2.75) is 78.6 Å². The number of rotatable bonds is 14. The second-order valence-electron chi connectivity index (χ2n) is 9.32. The van der Waals surface area contributed by atoms with E-state index in [0.29, 0.717) is 0 Å². The maximum absolute atomic E-state index is 6.00. The SMILES string of the molecule is CCCCCc1cccc(-c2cccnc2-c2ccc(OCCCCC(C)CCC)cc2)c1. The summed E-state index contributed by atoms with van der Waals surface area (Å²) in [6.45, 7) is 7.67. The van der Waals surface area contributed by atoms with Crippen molar-refractivity contribution in [2.24, 2.45) is 5.92 Å². The molecule has 176 valence electrons. The molecule has 33 heavy (non-hydrogen) atoms. The second-order valence-corrected chi connectivity index (χ2v) is 9.32. The van der Waals surface area contributed by atoms with Crippen molar-refractivity contribution in [1.82, 2.24) is 4.98 Å². The summed E-state index contributed by atoms with van der Waals surface area (Å²) < 4.78 is 6.00. The maximum atomic E-state index is 6.00. The van der Waals surface area contributed by atoms with E-state index in [1.165, 1.54) is 61.6 Å². The van der Waals surface area contributed by atoms with E-state index in [0.717, 1.165) is 42.4 Å². The molecule has 0 fully saturated rings. The molecule has 0 aliphatic rings. The van der Waals surface area contributed by atoms with Crippen molar-refractivity contribution < 1.29 is 4.74 Å². The highest BCUT2D eigenvalue weighted by molar-refractivity contribution is 5.81. The van der Waals surface area contributed by atoms with Gasteiger partial charge in [-0.2, -0.15) is 0 Å². The lowest BCUT2D eigenvalue weighted by atomic mass is 9.96. The van der Waals surface area contributed by atoms with Gasteiger partial charge in [0.1, 0.15) is 5.75 Å². The Labute approximate surface area is 201 Å². The Hall–Kier alpha value is -2.61. The summed E-state index contributed by atoms with van der Waals surface area (Å²) in [4.78, 5) is 4.74. The fourth-order valence-corrected chi connectivity index (χ4v) is 4.47. The zero-order valence-corrected chi connectivity index (χ0v) is 20.9. The minimum Gasteiger partial charge on any atom is -0.494 e. The lowest BCUT2D eigenvalue weighted by molar-refractivity contribution is 0.299. The van der Waals surface area contributed by atoms with E-state index in [1.807, 2.05) is 12.3 Å². The van der Waals surface area contributed by atoms with Gasteiger partial charge in [-0.25, -0.2) is 0 Å². The third-order valence-electron chi connectivity index (χ3n) is 6.38. The Morgan fingerprint density at radius 3 is 2.42 bits per heavy atom. The van der Waals surface area contributed by atoms with Crippen LogP contribution in [0.5, 0.6) is 5.75 Å². The largest absolute Gasteiger partial charge is 0.494 e. The van der Waals surface area contributed by atoms with Crippen molar-refractivity contribution in [3.63, 3.8) is 0 Å². The molecule has 0 radical (unpaired) electrons. The minimum absolute atomic E-state index is 0.790. The first-order valence-electron chi connectivity index (χ1n) is 13.0. The molecule has 1 aromatic heterocycles. The number of hydrogen-bond acceptors (Lipinski definition) is 2. The molecular formula is C31H41NO. The smallest absolute Gasteiger partial charge is 0.119 e. The summed E-state index contributed by atoms with van der Waals surface area (Å²) in [7, 11) is 0. The monoisotopic (exact) mass is 443 g/mol. The molecule has 0 amide bonds. The average Bonchev–Trinajstić information content (AvgIpc) is 2.85. The summed E-state index contributed by atoms with van der Waals surface area (Å²) in [5.41, 5.74) is 5.99. The average molecular weight is 444 g/mol. The predicted molar refractivity (Wildman–Crippen MR) is 142 cm³/mol. The van der Waals surface area contributed by atoms with Crippen LogP contribution in [0.2, 0.25) is 0 Å². The fourth-order valence-electron chi connectivity index (χ4n) is 4.47.